The number of rotatable bonds is 5. The van der Waals surface area contributed by atoms with Crippen LogP contribution in [0.5, 0.6) is 0 Å². The largest absolute Gasteiger partial charge is 0.310 e. The van der Waals surface area contributed by atoms with E-state index in [4.69, 9.17) is 0 Å². The van der Waals surface area contributed by atoms with E-state index < -0.39 is 0 Å². The molecular formula is C17H27NS. The fourth-order valence-corrected chi connectivity index (χ4v) is 4.26. The van der Waals surface area contributed by atoms with Crippen LogP contribution in [0.2, 0.25) is 0 Å². The molecule has 0 aromatic heterocycles. The van der Waals surface area contributed by atoms with Gasteiger partial charge in [0.2, 0.25) is 0 Å². The van der Waals surface area contributed by atoms with Crippen molar-refractivity contribution in [1.29, 1.82) is 0 Å². The Morgan fingerprint density at radius 1 is 1.21 bits per heavy atom. The summed E-state index contributed by atoms with van der Waals surface area (Å²) < 4.78 is 0. The van der Waals surface area contributed by atoms with Gasteiger partial charge in [-0.1, -0.05) is 19.1 Å². The molecule has 1 nitrogen and oxygen atoms in total. The van der Waals surface area contributed by atoms with Crippen LogP contribution in [0.15, 0.2) is 12.1 Å². The summed E-state index contributed by atoms with van der Waals surface area (Å²) in [5.41, 5.74) is 5.82. The second-order valence-electron chi connectivity index (χ2n) is 5.85. The van der Waals surface area contributed by atoms with E-state index in [0.717, 1.165) is 12.5 Å². The van der Waals surface area contributed by atoms with Crippen LogP contribution in [-0.4, -0.2) is 18.1 Å². The highest BCUT2D eigenvalue weighted by molar-refractivity contribution is 7.99. The minimum Gasteiger partial charge on any atom is -0.310 e. The molecule has 1 heterocycles. The molecule has 2 atom stereocenters. The Hall–Kier alpha value is -0.470. The van der Waals surface area contributed by atoms with Crippen LogP contribution in [0.25, 0.3) is 0 Å². The van der Waals surface area contributed by atoms with E-state index in [0.29, 0.717) is 6.04 Å². The van der Waals surface area contributed by atoms with Crippen molar-refractivity contribution < 1.29 is 0 Å². The van der Waals surface area contributed by atoms with E-state index in [1.165, 1.54) is 46.6 Å². The van der Waals surface area contributed by atoms with Crippen LogP contribution < -0.4 is 5.32 Å². The summed E-state index contributed by atoms with van der Waals surface area (Å²) in [6.07, 6.45) is 2.57. The third-order valence-corrected chi connectivity index (χ3v) is 5.46. The molecule has 0 spiro atoms. The van der Waals surface area contributed by atoms with E-state index in [-0.39, 0.29) is 0 Å². The number of benzene rings is 1. The molecule has 1 aromatic rings. The predicted octanol–water partition coefficient (Wildman–Crippen LogP) is 4.41. The molecule has 1 aliphatic heterocycles. The first-order valence-electron chi connectivity index (χ1n) is 7.52. The smallest absolute Gasteiger partial charge is 0.0359 e. The van der Waals surface area contributed by atoms with Crippen molar-refractivity contribution in [2.24, 2.45) is 5.92 Å². The van der Waals surface area contributed by atoms with Gasteiger partial charge < -0.3 is 5.32 Å². The molecule has 2 rings (SSSR count). The summed E-state index contributed by atoms with van der Waals surface area (Å²) in [6.45, 7) is 10.1. The molecule has 2 unspecified atom stereocenters. The van der Waals surface area contributed by atoms with Crippen LogP contribution in [0, 0.1) is 26.7 Å². The quantitative estimate of drug-likeness (QED) is 0.856. The highest BCUT2D eigenvalue weighted by Gasteiger charge is 2.27. The number of aryl methyl sites for hydroxylation is 3. The molecule has 0 radical (unpaired) electrons. The van der Waals surface area contributed by atoms with Gasteiger partial charge >= 0.3 is 0 Å². The standard InChI is InChI=1S/C17H27NS/c1-5-7-18-17(15-6-8-19-11-15)16-10-13(3)12(2)9-14(16)4/h9-10,15,17-18H,5-8,11H2,1-4H3. The molecule has 106 valence electrons. The van der Waals surface area contributed by atoms with Crippen LogP contribution in [0.1, 0.15) is 48.1 Å². The lowest BCUT2D eigenvalue weighted by Crippen LogP contribution is -2.29. The minimum atomic E-state index is 0.550. The van der Waals surface area contributed by atoms with Crippen LogP contribution in [0.4, 0.5) is 0 Å². The van der Waals surface area contributed by atoms with Gasteiger partial charge in [0.15, 0.2) is 0 Å². The Balaban J connectivity index is 2.28. The van der Waals surface area contributed by atoms with Gasteiger partial charge in [-0.15, -0.1) is 0 Å². The molecular weight excluding hydrogens is 250 g/mol. The Kier molecular flexibility index (Phi) is 5.35. The van der Waals surface area contributed by atoms with Crippen molar-refractivity contribution in [2.75, 3.05) is 18.1 Å². The third-order valence-electron chi connectivity index (χ3n) is 4.27. The average Bonchev–Trinajstić information content (AvgIpc) is 2.89. The fraction of sp³-hybridized carbons (Fsp3) is 0.647. The molecule has 1 aromatic carbocycles. The maximum absolute atomic E-state index is 3.80. The van der Waals surface area contributed by atoms with Gasteiger partial charge in [0, 0.05) is 6.04 Å². The monoisotopic (exact) mass is 277 g/mol. The van der Waals surface area contributed by atoms with Gasteiger partial charge in [-0.25, -0.2) is 0 Å². The van der Waals surface area contributed by atoms with E-state index in [2.05, 4.69) is 56.9 Å². The normalized spacial score (nSPS) is 20.7. The van der Waals surface area contributed by atoms with Crippen molar-refractivity contribution in [3.8, 4) is 0 Å². The van der Waals surface area contributed by atoms with Gasteiger partial charge in [0.1, 0.15) is 0 Å². The van der Waals surface area contributed by atoms with Crippen molar-refractivity contribution >= 4 is 11.8 Å². The molecule has 1 aliphatic rings. The van der Waals surface area contributed by atoms with Gasteiger partial charge in [0.05, 0.1) is 0 Å². The van der Waals surface area contributed by atoms with E-state index in [9.17, 15) is 0 Å². The van der Waals surface area contributed by atoms with Gasteiger partial charge in [-0.3, -0.25) is 0 Å². The van der Waals surface area contributed by atoms with Gasteiger partial charge in [-0.2, -0.15) is 11.8 Å². The van der Waals surface area contributed by atoms with E-state index in [1.807, 2.05) is 0 Å². The fourth-order valence-electron chi connectivity index (χ4n) is 2.96. The predicted molar refractivity (Wildman–Crippen MR) is 87.1 cm³/mol. The highest BCUT2D eigenvalue weighted by Crippen LogP contribution is 2.36. The highest BCUT2D eigenvalue weighted by atomic mass is 32.2. The van der Waals surface area contributed by atoms with Gasteiger partial charge in [0.25, 0.3) is 0 Å². The van der Waals surface area contributed by atoms with Crippen molar-refractivity contribution in [1.82, 2.24) is 5.32 Å². The Labute approximate surface area is 122 Å². The summed E-state index contributed by atoms with van der Waals surface area (Å²) in [5, 5.41) is 3.80. The molecule has 1 fully saturated rings. The lowest BCUT2D eigenvalue weighted by atomic mass is 9.87. The molecule has 1 saturated heterocycles. The number of hydrogen-bond acceptors (Lipinski definition) is 2. The molecule has 0 aliphatic carbocycles. The maximum atomic E-state index is 3.80. The number of thioether (sulfide) groups is 1. The summed E-state index contributed by atoms with van der Waals surface area (Å²) in [6, 6.07) is 5.32. The molecule has 0 bridgehead atoms. The van der Waals surface area contributed by atoms with Crippen LogP contribution >= 0.6 is 11.8 Å². The second-order valence-corrected chi connectivity index (χ2v) is 7.00. The Morgan fingerprint density at radius 2 is 1.95 bits per heavy atom. The maximum Gasteiger partial charge on any atom is 0.0359 e. The first-order chi connectivity index (χ1) is 9.13. The average molecular weight is 277 g/mol. The zero-order chi connectivity index (χ0) is 13.8. The molecule has 2 heteroatoms. The summed E-state index contributed by atoms with van der Waals surface area (Å²) in [4.78, 5) is 0. The lowest BCUT2D eigenvalue weighted by molar-refractivity contribution is 0.392. The van der Waals surface area contributed by atoms with Crippen LogP contribution in [-0.2, 0) is 0 Å². The zero-order valence-corrected chi connectivity index (χ0v) is 13.6. The van der Waals surface area contributed by atoms with Crippen molar-refractivity contribution in [3.05, 3.63) is 34.4 Å². The van der Waals surface area contributed by atoms with E-state index >= 15 is 0 Å². The van der Waals surface area contributed by atoms with Crippen LogP contribution in [0.3, 0.4) is 0 Å². The Morgan fingerprint density at radius 3 is 2.58 bits per heavy atom. The summed E-state index contributed by atoms with van der Waals surface area (Å²) >= 11 is 2.11. The first-order valence-corrected chi connectivity index (χ1v) is 8.67. The SMILES string of the molecule is CCCNC(c1cc(C)c(C)cc1C)C1CCSC1. The zero-order valence-electron chi connectivity index (χ0n) is 12.8. The van der Waals surface area contributed by atoms with Crippen molar-refractivity contribution in [3.63, 3.8) is 0 Å². The molecule has 0 amide bonds. The number of nitrogens with one attached hydrogen (secondary N) is 1. The van der Waals surface area contributed by atoms with E-state index in [1.54, 1.807) is 0 Å². The molecule has 0 saturated carbocycles. The summed E-state index contributed by atoms with van der Waals surface area (Å²) in [7, 11) is 0. The second kappa shape index (κ2) is 6.81. The lowest BCUT2D eigenvalue weighted by Gasteiger charge is -2.27. The summed E-state index contributed by atoms with van der Waals surface area (Å²) in [5.74, 6) is 3.45. The topological polar surface area (TPSA) is 12.0 Å². The third kappa shape index (κ3) is 3.55. The van der Waals surface area contributed by atoms with Gasteiger partial charge in [-0.05, 0) is 79.8 Å². The molecule has 1 N–H and O–H groups in total. The molecule has 19 heavy (non-hydrogen) atoms. The van der Waals surface area contributed by atoms with Crippen molar-refractivity contribution in [2.45, 2.75) is 46.6 Å². The number of hydrogen-bond donors (Lipinski definition) is 1. The minimum absolute atomic E-state index is 0.550. The first kappa shape index (κ1) is 14.9. The Bertz CT molecular complexity index is 422.